The molecule has 0 bridgehead atoms. The summed E-state index contributed by atoms with van der Waals surface area (Å²) in [5.74, 6) is -3.87. The lowest BCUT2D eigenvalue weighted by Crippen LogP contribution is -2.03. The molecule has 3 rings (SSSR count). The van der Waals surface area contributed by atoms with Crippen molar-refractivity contribution >= 4 is 46.3 Å². The van der Waals surface area contributed by atoms with E-state index in [0.717, 1.165) is 12.1 Å². The van der Waals surface area contributed by atoms with Crippen LogP contribution < -0.4 is 10.6 Å². The molecule has 0 radical (unpaired) electrons. The van der Waals surface area contributed by atoms with Crippen LogP contribution in [0.1, 0.15) is 0 Å². The van der Waals surface area contributed by atoms with Gasteiger partial charge < -0.3 is 10.6 Å². The maximum absolute atomic E-state index is 13.7. The van der Waals surface area contributed by atoms with Gasteiger partial charge in [0, 0.05) is 6.20 Å². The van der Waals surface area contributed by atoms with Gasteiger partial charge in [-0.1, -0.05) is 29.3 Å². The second-order valence-electron chi connectivity index (χ2n) is 4.84. The standard InChI is InChI=1S/C16H9Cl2F3N4/c17-8-2-1-3-10(13(8)18)24-16-22-7-6-12(25-16)23-11-5-4-9(19)14(20)15(11)21/h1-7H,(H2,22,23,24,25). The minimum Gasteiger partial charge on any atom is -0.338 e. The molecule has 1 heterocycles. The predicted molar refractivity (Wildman–Crippen MR) is 91.4 cm³/mol. The number of halogens is 5. The predicted octanol–water partition coefficient (Wildman–Crippen LogP) is 5.69. The van der Waals surface area contributed by atoms with Crippen LogP contribution in [0.4, 0.5) is 36.3 Å². The summed E-state index contributed by atoms with van der Waals surface area (Å²) >= 11 is 12.0. The molecule has 2 N–H and O–H groups in total. The summed E-state index contributed by atoms with van der Waals surface area (Å²) in [6, 6.07) is 8.30. The van der Waals surface area contributed by atoms with E-state index in [-0.39, 0.29) is 22.5 Å². The number of benzene rings is 2. The third-order valence-electron chi connectivity index (χ3n) is 3.15. The Morgan fingerprint density at radius 3 is 2.44 bits per heavy atom. The lowest BCUT2D eigenvalue weighted by atomic mass is 10.3. The van der Waals surface area contributed by atoms with Crippen LogP contribution in [-0.2, 0) is 0 Å². The van der Waals surface area contributed by atoms with Gasteiger partial charge in [-0.05, 0) is 30.3 Å². The lowest BCUT2D eigenvalue weighted by Gasteiger charge is -2.10. The fourth-order valence-electron chi connectivity index (χ4n) is 1.97. The number of rotatable bonds is 4. The smallest absolute Gasteiger partial charge is 0.229 e. The summed E-state index contributed by atoms with van der Waals surface area (Å²) in [6.07, 6.45) is 1.40. The quantitative estimate of drug-likeness (QED) is 0.567. The molecule has 0 spiro atoms. The Hall–Kier alpha value is -2.51. The van der Waals surface area contributed by atoms with Crippen molar-refractivity contribution in [2.45, 2.75) is 0 Å². The van der Waals surface area contributed by atoms with Crippen molar-refractivity contribution in [3.05, 3.63) is 70.1 Å². The number of nitrogens with zero attached hydrogens (tertiary/aromatic N) is 2. The number of hydrogen-bond acceptors (Lipinski definition) is 4. The average Bonchev–Trinajstić information content (AvgIpc) is 2.60. The minimum atomic E-state index is -1.57. The van der Waals surface area contributed by atoms with Crippen molar-refractivity contribution in [1.29, 1.82) is 0 Å². The van der Waals surface area contributed by atoms with Gasteiger partial charge in [0.2, 0.25) is 5.95 Å². The molecule has 0 aliphatic carbocycles. The van der Waals surface area contributed by atoms with Gasteiger partial charge in [-0.15, -0.1) is 0 Å². The van der Waals surface area contributed by atoms with Crippen molar-refractivity contribution in [2.24, 2.45) is 0 Å². The minimum absolute atomic E-state index is 0.150. The monoisotopic (exact) mass is 384 g/mol. The molecule has 0 amide bonds. The zero-order valence-electron chi connectivity index (χ0n) is 12.3. The molecule has 3 aromatic rings. The van der Waals surface area contributed by atoms with Crippen LogP contribution >= 0.6 is 23.2 Å². The van der Waals surface area contributed by atoms with Gasteiger partial charge in [0.05, 0.1) is 21.4 Å². The SMILES string of the molecule is Fc1ccc(Nc2ccnc(Nc3cccc(Cl)c3Cl)n2)c(F)c1F. The van der Waals surface area contributed by atoms with Crippen molar-refractivity contribution < 1.29 is 13.2 Å². The topological polar surface area (TPSA) is 49.8 Å². The summed E-state index contributed by atoms with van der Waals surface area (Å²) in [7, 11) is 0. The van der Waals surface area contributed by atoms with Gasteiger partial charge >= 0.3 is 0 Å². The Labute approximate surface area is 150 Å². The van der Waals surface area contributed by atoms with Gasteiger partial charge in [-0.2, -0.15) is 4.98 Å². The highest BCUT2D eigenvalue weighted by Crippen LogP contribution is 2.31. The summed E-state index contributed by atoms with van der Waals surface area (Å²) < 4.78 is 40.0. The van der Waals surface area contributed by atoms with Crippen molar-refractivity contribution in [3.8, 4) is 0 Å². The molecule has 2 aromatic carbocycles. The zero-order chi connectivity index (χ0) is 18.0. The molecule has 0 saturated carbocycles. The van der Waals surface area contributed by atoms with E-state index >= 15 is 0 Å². The van der Waals surface area contributed by atoms with E-state index in [1.165, 1.54) is 12.3 Å². The fourth-order valence-corrected chi connectivity index (χ4v) is 2.32. The van der Waals surface area contributed by atoms with Crippen LogP contribution in [0.2, 0.25) is 10.0 Å². The van der Waals surface area contributed by atoms with E-state index in [9.17, 15) is 13.2 Å². The van der Waals surface area contributed by atoms with Crippen molar-refractivity contribution in [2.75, 3.05) is 10.6 Å². The Morgan fingerprint density at radius 1 is 0.840 bits per heavy atom. The molecular formula is C16H9Cl2F3N4. The molecule has 0 fully saturated rings. The highest BCUT2D eigenvalue weighted by atomic mass is 35.5. The largest absolute Gasteiger partial charge is 0.338 e. The van der Waals surface area contributed by atoms with E-state index in [1.54, 1.807) is 18.2 Å². The molecule has 0 unspecified atom stereocenters. The molecule has 0 saturated heterocycles. The summed E-state index contributed by atoms with van der Waals surface area (Å²) in [4.78, 5) is 8.12. The van der Waals surface area contributed by atoms with Gasteiger partial charge in [-0.3, -0.25) is 0 Å². The maximum atomic E-state index is 13.7. The Morgan fingerprint density at radius 2 is 1.64 bits per heavy atom. The number of hydrogen-bond donors (Lipinski definition) is 2. The van der Waals surface area contributed by atoms with Crippen molar-refractivity contribution in [3.63, 3.8) is 0 Å². The second-order valence-corrected chi connectivity index (χ2v) is 5.62. The molecule has 128 valence electrons. The van der Waals surface area contributed by atoms with Gasteiger partial charge in [0.25, 0.3) is 0 Å². The zero-order valence-corrected chi connectivity index (χ0v) is 13.8. The van der Waals surface area contributed by atoms with Crippen LogP contribution in [0.15, 0.2) is 42.6 Å². The first-order valence-corrected chi connectivity index (χ1v) is 7.66. The Balaban J connectivity index is 1.85. The first kappa shape index (κ1) is 17.3. The van der Waals surface area contributed by atoms with E-state index in [2.05, 4.69) is 20.6 Å². The summed E-state index contributed by atoms with van der Waals surface area (Å²) in [6.45, 7) is 0. The lowest BCUT2D eigenvalue weighted by molar-refractivity contribution is 0.449. The number of anilines is 4. The molecule has 0 atom stereocenters. The van der Waals surface area contributed by atoms with E-state index in [1.807, 2.05) is 0 Å². The van der Waals surface area contributed by atoms with Crippen molar-refractivity contribution in [1.82, 2.24) is 9.97 Å². The highest BCUT2D eigenvalue weighted by molar-refractivity contribution is 6.43. The van der Waals surface area contributed by atoms with Crippen LogP contribution in [0.5, 0.6) is 0 Å². The summed E-state index contributed by atoms with van der Waals surface area (Å²) in [5, 5.41) is 6.07. The van der Waals surface area contributed by atoms with Crippen LogP contribution in [0.25, 0.3) is 0 Å². The first-order chi connectivity index (χ1) is 12.0. The van der Waals surface area contributed by atoms with Gasteiger partial charge in [-0.25, -0.2) is 18.2 Å². The second kappa shape index (κ2) is 7.16. The molecule has 9 heteroatoms. The molecule has 1 aromatic heterocycles. The average molecular weight is 385 g/mol. The molecular weight excluding hydrogens is 376 g/mol. The number of nitrogens with one attached hydrogen (secondary N) is 2. The highest BCUT2D eigenvalue weighted by Gasteiger charge is 2.14. The van der Waals surface area contributed by atoms with Crippen LogP contribution in [-0.4, -0.2) is 9.97 Å². The third kappa shape index (κ3) is 3.78. The molecule has 0 aliphatic heterocycles. The van der Waals surface area contributed by atoms with Crippen LogP contribution in [0.3, 0.4) is 0 Å². The molecule has 25 heavy (non-hydrogen) atoms. The van der Waals surface area contributed by atoms with E-state index < -0.39 is 17.5 Å². The maximum Gasteiger partial charge on any atom is 0.229 e. The number of aromatic nitrogens is 2. The van der Waals surface area contributed by atoms with Gasteiger partial charge in [0.1, 0.15) is 5.82 Å². The van der Waals surface area contributed by atoms with Gasteiger partial charge in [0.15, 0.2) is 17.5 Å². The van der Waals surface area contributed by atoms with Crippen LogP contribution in [0, 0.1) is 17.5 Å². The van der Waals surface area contributed by atoms with E-state index in [4.69, 9.17) is 23.2 Å². The Bertz CT molecular complexity index is 937. The molecule has 0 aliphatic rings. The Kier molecular flexibility index (Phi) is 4.96. The van der Waals surface area contributed by atoms with E-state index in [0.29, 0.717) is 10.7 Å². The fraction of sp³-hybridized carbons (Fsp3) is 0. The third-order valence-corrected chi connectivity index (χ3v) is 3.97. The molecule has 4 nitrogen and oxygen atoms in total. The first-order valence-electron chi connectivity index (χ1n) is 6.90. The normalized spacial score (nSPS) is 10.6. The summed E-state index contributed by atoms with van der Waals surface area (Å²) in [5.41, 5.74) is 0.217.